The minimum atomic E-state index is -5.08. The molecule has 0 amide bonds. The Morgan fingerprint density at radius 1 is 1.27 bits per heavy atom. The number of carbonyl (C=O) groups is 1. The molecule has 2 unspecified atom stereocenters. The van der Waals surface area contributed by atoms with Gasteiger partial charge in [0, 0.05) is 23.1 Å². The number of alkyl halides is 3. The van der Waals surface area contributed by atoms with Gasteiger partial charge in [0.05, 0.1) is 41.6 Å². The number of nitriles is 2. The van der Waals surface area contributed by atoms with Crippen LogP contribution in [-0.2, 0) is 9.53 Å². The monoisotopic (exact) mass is 524 g/mol. The summed E-state index contributed by atoms with van der Waals surface area (Å²) in [5.74, 6) is -2.35. The minimum Gasteiger partial charge on any atom is -0.475 e. The third-order valence-corrected chi connectivity index (χ3v) is 5.78. The minimum absolute atomic E-state index is 0.240. The van der Waals surface area contributed by atoms with Gasteiger partial charge < -0.3 is 20.5 Å². The number of morpholine rings is 1. The van der Waals surface area contributed by atoms with Gasteiger partial charge in [0.1, 0.15) is 18.0 Å². The number of hydrogen-bond donors (Lipinski definition) is 4. The molecule has 0 spiro atoms. The number of aliphatic carboxylic acids is 1. The summed E-state index contributed by atoms with van der Waals surface area (Å²) in [5.41, 5.74) is 3.55. The summed E-state index contributed by atoms with van der Waals surface area (Å²) >= 11 is 3.54. The van der Waals surface area contributed by atoms with Crippen LogP contribution in [0.1, 0.15) is 22.6 Å². The number of H-pyrrole nitrogens is 1. The number of nitrogens with zero attached hydrogens (tertiary/aromatic N) is 3. The van der Waals surface area contributed by atoms with Crippen molar-refractivity contribution in [2.75, 3.05) is 25.0 Å². The highest BCUT2D eigenvalue weighted by atomic mass is 79.9. The maximum Gasteiger partial charge on any atom is 0.490 e. The summed E-state index contributed by atoms with van der Waals surface area (Å²) < 4.78 is 38.3. The van der Waals surface area contributed by atoms with Crippen LogP contribution in [0.5, 0.6) is 0 Å². The molecule has 0 aliphatic carbocycles. The number of anilines is 1. The van der Waals surface area contributed by atoms with Crippen molar-refractivity contribution >= 4 is 27.7 Å². The van der Waals surface area contributed by atoms with Crippen molar-refractivity contribution in [2.45, 2.75) is 18.2 Å². The zero-order valence-corrected chi connectivity index (χ0v) is 18.3. The fraction of sp³-hybridized carbons (Fsp3) is 0.300. The number of fused-ring (bicyclic) bond motifs is 1. The van der Waals surface area contributed by atoms with Crippen LogP contribution in [0.3, 0.4) is 0 Å². The molecular weight excluding hydrogens is 509 g/mol. The van der Waals surface area contributed by atoms with E-state index in [2.05, 4.69) is 48.9 Å². The Morgan fingerprint density at radius 2 is 2.00 bits per heavy atom. The smallest absolute Gasteiger partial charge is 0.475 e. The van der Waals surface area contributed by atoms with E-state index in [0.29, 0.717) is 28.8 Å². The van der Waals surface area contributed by atoms with E-state index in [1.807, 2.05) is 12.1 Å². The van der Waals surface area contributed by atoms with Gasteiger partial charge in [0.25, 0.3) is 0 Å². The topological polar surface area (TPSA) is 147 Å². The summed E-state index contributed by atoms with van der Waals surface area (Å²) in [5, 5.41) is 40.1. The molecule has 4 N–H and O–H groups in total. The zero-order valence-electron chi connectivity index (χ0n) is 16.7. The predicted octanol–water partition coefficient (Wildman–Crippen LogP) is 3.00. The third kappa shape index (κ3) is 5.17. The Kier molecular flexibility index (Phi) is 7.38. The van der Waals surface area contributed by atoms with Gasteiger partial charge in [-0.05, 0) is 27.6 Å². The van der Waals surface area contributed by atoms with Crippen LogP contribution in [0.2, 0.25) is 0 Å². The number of allylic oxidation sites excluding steroid dienone is 1. The molecule has 2 aromatic rings. The Morgan fingerprint density at radius 3 is 2.58 bits per heavy atom. The Bertz CT molecular complexity index is 1160. The van der Waals surface area contributed by atoms with Crippen LogP contribution in [0.15, 0.2) is 40.1 Å². The van der Waals surface area contributed by atoms with E-state index < -0.39 is 12.1 Å². The summed E-state index contributed by atoms with van der Waals surface area (Å²) in [6, 6.07) is 10.0. The lowest BCUT2D eigenvalue weighted by atomic mass is 9.82. The normalized spacial score (nSPS) is 19.8. The second-order valence-electron chi connectivity index (χ2n) is 6.88. The average molecular weight is 525 g/mol. The highest BCUT2D eigenvalue weighted by Gasteiger charge is 2.38. The fourth-order valence-corrected chi connectivity index (χ4v) is 4.02. The second-order valence-corrected chi connectivity index (χ2v) is 7.68. The van der Waals surface area contributed by atoms with Gasteiger partial charge in [-0.1, -0.05) is 12.1 Å². The lowest BCUT2D eigenvalue weighted by Crippen LogP contribution is -2.42. The molecule has 0 saturated carbocycles. The standard InChI is InChI=1S/C18H15BrN6O.C2HF3O2/c19-16-10(6-20)2-1-3-11(16)15-12(7-21)17(14-9-22-4-5-26-14)24-18-13(15)8-23-25-18;3-2(4,5)1(6)7/h1-3,8,14-15,22H,4-5,9H2,(H2,23,24,25);(H,6,7). The van der Waals surface area contributed by atoms with Gasteiger partial charge in [-0.25, -0.2) is 4.79 Å². The number of aromatic nitrogens is 2. The van der Waals surface area contributed by atoms with Crippen molar-refractivity contribution in [3.63, 3.8) is 0 Å². The first kappa shape index (κ1) is 24.3. The number of benzene rings is 1. The molecule has 0 bridgehead atoms. The van der Waals surface area contributed by atoms with E-state index >= 15 is 0 Å². The average Bonchev–Trinajstić information content (AvgIpc) is 3.27. The van der Waals surface area contributed by atoms with Crippen LogP contribution in [0.25, 0.3) is 0 Å². The number of hydrogen-bond acceptors (Lipinski definition) is 7. The number of ether oxygens (including phenoxy) is 1. The maximum atomic E-state index is 10.6. The van der Waals surface area contributed by atoms with Crippen LogP contribution in [0, 0.1) is 22.7 Å². The number of carboxylic acids is 1. The highest BCUT2D eigenvalue weighted by molar-refractivity contribution is 9.10. The molecule has 1 fully saturated rings. The van der Waals surface area contributed by atoms with E-state index in [1.165, 1.54) is 0 Å². The molecule has 9 nitrogen and oxygen atoms in total. The molecule has 2 aliphatic rings. The molecular formula is C20H16BrF3N6O3. The van der Waals surface area contributed by atoms with Gasteiger partial charge in [-0.15, -0.1) is 0 Å². The van der Waals surface area contributed by atoms with Crippen molar-refractivity contribution < 1.29 is 27.8 Å². The van der Waals surface area contributed by atoms with Crippen molar-refractivity contribution in [2.24, 2.45) is 0 Å². The number of halogens is 4. The van der Waals surface area contributed by atoms with Crippen LogP contribution >= 0.6 is 15.9 Å². The third-order valence-electron chi connectivity index (χ3n) is 4.89. The molecule has 3 heterocycles. The molecule has 172 valence electrons. The van der Waals surface area contributed by atoms with Gasteiger partial charge in [-0.2, -0.15) is 28.8 Å². The zero-order chi connectivity index (χ0) is 24.2. The number of rotatable bonds is 2. The van der Waals surface area contributed by atoms with E-state index in [4.69, 9.17) is 14.6 Å². The number of aromatic amines is 1. The van der Waals surface area contributed by atoms with Crippen molar-refractivity contribution in [1.29, 1.82) is 10.5 Å². The van der Waals surface area contributed by atoms with E-state index in [1.54, 1.807) is 12.3 Å². The molecule has 1 aromatic heterocycles. The Balaban J connectivity index is 0.000000383. The largest absolute Gasteiger partial charge is 0.490 e. The highest BCUT2D eigenvalue weighted by Crippen LogP contribution is 2.44. The van der Waals surface area contributed by atoms with E-state index in [9.17, 15) is 23.7 Å². The quantitative estimate of drug-likeness (QED) is 0.468. The second kappa shape index (κ2) is 10.0. The first-order chi connectivity index (χ1) is 15.7. The lowest BCUT2D eigenvalue weighted by molar-refractivity contribution is -0.192. The molecule has 4 rings (SSSR count). The molecule has 2 aliphatic heterocycles. The first-order valence-corrected chi connectivity index (χ1v) is 10.2. The molecule has 13 heteroatoms. The summed E-state index contributed by atoms with van der Waals surface area (Å²) in [4.78, 5) is 8.90. The maximum absolute atomic E-state index is 10.6. The van der Waals surface area contributed by atoms with Crippen LogP contribution in [-0.4, -0.2) is 53.2 Å². The number of nitrogens with one attached hydrogen (secondary N) is 3. The molecule has 0 radical (unpaired) electrons. The molecule has 33 heavy (non-hydrogen) atoms. The Labute approximate surface area is 194 Å². The summed E-state index contributed by atoms with van der Waals surface area (Å²) in [6.45, 7) is 2.01. The lowest BCUT2D eigenvalue weighted by Gasteiger charge is -2.33. The summed E-state index contributed by atoms with van der Waals surface area (Å²) in [6.07, 6.45) is -3.61. The van der Waals surface area contributed by atoms with Crippen LogP contribution in [0.4, 0.5) is 19.0 Å². The van der Waals surface area contributed by atoms with E-state index in [-0.39, 0.29) is 12.0 Å². The predicted molar refractivity (Wildman–Crippen MR) is 112 cm³/mol. The fourth-order valence-electron chi connectivity index (χ4n) is 3.44. The van der Waals surface area contributed by atoms with Gasteiger partial charge in [-0.3, -0.25) is 5.10 Å². The number of carboxylic acid groups (broad SMARTS) is 1. The van der Waals surface area contributed by atoms with Gasteiger partial charge >= 0.3 is 12.1 Å². The van der Waals surface area contributed by atoms with Crippen LogP contribution < -0.4 is 10.6 Å². The SMILES string of the molecule is N#CC1=C(C2CNCCO2)Nc2[nH]ncc2C1c1cccc(C#N)c1Br.O=C(O)C(F)(F)F. The van der Waals surface area contributed by atoms with Crippen molar-refractivity contribution in [3.05, 3.63) is 56.8 Å². The van der Waals surface area contributed by atoms with Crippen molar-refractivity contribution in [1.82, 2.24) is 15.5 Å². The summed E-state index contributed by atoms with van der Waals surface area (Å²) in [7, 11) is 0. The first-order valence-electron chi connectivity index (χ1n) is 9.44. The van der Waals surface area contributed by atoms with Crippen molar-refractivity contribution in [3.8, 4) is 12.1 Å². The Hall–Kier alpha value is -3.39. The molecule has 1 aromatic carbocycles. The molecule has 1 saturated heterocycles. The van der Waals surface area contributed by atoms with E-state index in [0.717, 1.165) is 29.2 Å². The van der Waals surface area contributed by atoms with Gasteiger partial charge in [0.15, 0.2) is 0 Å². The molecule has 2 atom stereocenters. The van der Waals surface area contributed by atoms with Gasteiger partial charge in [0.2, 0.25) is 0 Å².